The molecule has 30 heavy (non-hydrogen) atoms. The lowest BCUT2D eigenvalue weighted by Gasteiger charge is -2.23. The second kappa shape index (κ2) is 8.86. The first kappa shape index (κ1) is 19.8. The third-order valence-electron chi connectivity index (χ3n) is 5.17. The van der Waals surface area contributed by atoms with Gasteiger partial charge in [-0.2, -0.15) is 5.10 Å². The monoisotopic (exact) mass is 399 g/mol. The topological polar surface area (TPSA) is 63.4 Å². The van der Waals surface area contributed by atoms with Gasteiger partial charge in [0.1, 0.15) is 5.69 Å². The number of carbonyl (C=O) groups is 1. The van der Waals surface area contributed by atoms with Crippen molar-refractivity contribution < 1.29 is 4.79 Å². The van der Waals surface area contributed by atoms with Gasteiger partial charge < -0.3 is 4.90 Å². The zero-order valence-electron chi connectivity index (χ0n) is 17.3. The Morgan fingerprint density at radius 2 is 1.63 bits per heavy atom. The van der Waals surface area contributed by atoms with Crippen LogP contribution in [0.3, 0.4) is 0 Å². The molecule has 1 aromatic carbocycles. The number of benzene rings is 1. The van der Waals surface area contributed by atoms with E-state index in [0.717, 1.165) is 35.3 Å². The van der Waals surface area contributed by atoms with Gasteiger partial charge >= 0.3 is 0 Å². The Balaban J connectivity index is 1.57. The minimum atomic E-state index is -0.0589. The van der Waals surface area contributed by atoms with Crippen molar-refractivity contribution in [3.63, 3.8) is 0 Å². The Hall–Kier alpha value is -3.54. The first-order valence-electron chi connectivity index (χ1n) is 10.2. The van der Waals surface area contributed by atoms with Gasteiger partial charge in [-0.25, -0.2) is 9.50 Å². The van der Waals surface area contributed by atoms with E-state index in [1.807, 2.05) is 61.3 Å². The van der Waals surface area contributed by atoms with Crippen molar-refractivity contribution in [2.24, 2.45) is 0 Å². The van der Waals surface area contributed by atoms with Crippen LogP contribution in [0.5, 0.6) is 0 Å². The van der Waals surface area contributed by atoms with Crippen LogP contribution in [0, 0.1) is 13.8 Å². The van der Waals surface area contributed by atoms with Crippen molar-refractivity contribution in [3.05, 3.63) is 95.2 Å². The first-order valence-corrected chi connectivity index (χ1v) is 10.2. The van der Waals surface area contributed by atoms with E-state index in [-0.39, 0.29) is 5.91 Å². The van der Waals surface area contributed by atoms with Crippen molar-refractivity contribution in [3.8, 4) is 0 Å². The number of fused-ring (bicyclic) bond motifs is 1. The minimum absolute atomic E-state index is 0.0589. The Kier molecular flexibility index (Phi) is 5.84. The molecule has 3 aromatic heterocycles. The summed E-state index contributed by atoms with van der Waals surface area (Å²) in [5.74, 6) is -0.0589. The first-order chi connectivity index (χ1) is 14.6. The number of hydrogen-bond acceptors (Lipinski definition) is 4. The highest BCUT2D eigenvalue weighted by Gasteiger charge is 2.19. The molecule has 1 amide bonds. The zero-order valence-corrected chi connectivity index (χ0v) is 17.3. The zero-order chi connectivity index (χ0) is 20.9. The van der Waals surface area contributed by atoms with Crippen LogP contribution >= 0.6 is 0 Å². The van der Waals surface area contributed by atoms with Crippen LogP contribution < -0.4 is 0 Å². The molecule has 3 heterocycles. The number of aromatic nitrogens is 4. The molecule has 6 heteroatoms. The lowest BCUT2D eigenvalue weighted by Crippen LogP contribution is -2.35. The predicted octanol–water partition coefficient (Wildman–Crippen LogP) is 3.67. The molecule has 0 fully saturated rings. The fraction of sp³-hybridized carbons (Fsp3) is 0.250. The van der Waals surface area contributed by atoms with E-state index in [4.69, 9.17) is 0 Å². The second-order valence-electron chi connectivity index (χ2n) is 7.50. The average Bonchev–Trinajstić information content (AvgIpc) is 3.16. The second-order valence-corrected chi connectivity index (χ2v) is 7.50. The summed E-state index contributed by atoms with van der Waals surface area (Å²) in [7, 11) is 0. The van der Waals surface area contributed by atoms with E-state index in [2.05, 4.69) is 27.2 Å². The number of pyridine rings is 1. The number of hydrogen-bond donors (Lipinski definition) is 0. The molecule has 0 radical (unpaired) electrons. The van der Waals surface area contributed by atoms with Gasteiger partial charge in [0, 0.05) is 25.5 Å². The number of aryl methyl sites for hydroxylation is 2. The number of carbonyl (C=O) groups excluding carboxylic acids is 1. The van der Waals surface area contributed by atoms with E-state index in [1.165, 1.54) is 5.56 Å². The summed E-state index contributed by atoms with van der Waals surface area (Å²) < 4.78 is 1.70. The Morgan fingerprint density at radius 1 is 0.967 bits per heavy atom. The molecule has 4 rings (SSSR count). The van der Waals surface area contributed by atoms with Gasteiger partial charge in [0.15, 0.2) is 5.65 Å². The van der Waals surface area contributed by atoms with E-state index in [1.54, 1.807) is 16.9 Å². The summed E-state index contributed by atoms with van der Waals surface area (Å²) >= 11 is 0. The summed E-state index contributed by atoms with van der Waals surface area (Å²) in [6.07, 6.45) is 6.99. The molecule has 0 aliphatic carbocycles. The Bertz CT molecular complexity index is 1090. The van der Waals surface area contributed by atoms with E-state index in [9.17, 15) is 4.79 Å². The summed E-state index contributed by atoms with van der Waals surface area (Å²) in [6.45, 7) is 5.15. The van der Waals surface area contributed by atoms with E-state index in [0.29, 0.717) is 18.8 Å². The molecule has 152 valence electrons. The molecule has 6 nitrogen and oxygen atoms in total. The lowest BCUT2D eigenvalue weighted by atomic mass is 10.1. The SMILES string of the molecule is Cc1cn2nc(C(=O)N(CCc3ccccc3)CCc3ccncc3)cc(C)c2n1. The number of nitrogens with zero attached hydrogens (tertiary/aromatic N) is 5. The molecule has 0 aliphatic rings. The third kappa shape index (κ3) is 4.54. The van der Waals surface area contributed by atoms with E-state index >= 15 is 0 Å². The maximum absolute atomic E-state index is 13.4. The van der Waals surface area contributed by atoms with Crippen LogP contribution in [0.1, 0.15) is 32.9 Å². The van der Waals surface area contributed by atoms with Gasteiger partial charge in [0.25, 0.3) is 5.91 Å². The molecule has 0 unspecified atom stereocenters. The third-order valence-corrected chi connectivity index (χ3v) is 5.17. The summed E-state index contributed by atoms with van der Waals surface area (Å²) in [4.78, 5) is 23.9. The Labute approximate surface area is 176 Å². The lowest BCUT2D eigenvalue weighted by molar-refractivity contribution is 0.0751. The van der Waals surface area contributed by atoms with Crippen molar-refractivity contribution in [2.45, 2.75) is 26.7 Å². The maximum atomic E-state index is 13.4. The van der Waals surface area contributed by atoms with Crippen molar-refractivity contribution >= 4 is 11.6 Å². The highest BCUT2D eigenvalue weighted by atomic mass is 16.2. The molecule has 0 saturated carbocycles. The van der Waals surface area contributed by atoms with Crippen molar-refractivity contribution in [1.29, 1.82) is 0 Å². The number of imidazole rings is 1. The predicted molar refractivity (Wildman–Crippen MR) is 116 cm³/mol. The minimum Gasteiger partial charge on any atom is -0.337 e. The quantitative estimate of drug-likeness (QED) is 0.476. The van der Waals surface area contributed by atoms with E-state index < -0.39 is 0 Å². The van der Waals surface area contributed by atoms with Gasteiger partial charge in [-0.3, -0.25) is 9.78 Å². The summed E-state index contributed by atoms with van der Waals surface area (Å²) in [5.41, 5.74) is 5.43. The van der Waals surface area contributed by atoms with Gasteiger partial charge in [-0.1, -0.05) is 30.3 Å². The van der Waals surface area contributed by atoms with Crippen LogP contribution in [0.25, 0.3) is 5.65 Å². The molecule has 4 aromatic rings. The van der Waals surface area contributed by atoms with Gasteiger partial charge in [0.05, 0.1) is 11.9 Å². The molecular weight excluding hydrogens is 374 g/mol. The number of rotatable bonds is 7. The smallest absolute Gasteiger partial charge is 0.274 e. The molecule has 0 saturated heterocycles. The number of amides is 1. The van der Waals surface area contributed by atoms with Crippen LogP contribution in [0.2, 0.25) is 0 Å². The van der Waals surface area contributed by atoms with Crippen molar-refractivity contribution in [1.82, 2.24) is 24.5 Å². The standard InChI is InChI=1S/C24H25N5O/c1-18-16-22(27-29-17-19(2)26-23(18)29)24(30)28(14-10-20-6-4-3-5-7-20)15-11-21-8-12-25-13-9-21/h3-9,12-13,16-17H,10-11,14-15H2,1-2H3. The molecule has 0 atom stereocenters. The molecule has 0 spiro atoms. The summed E-state index contributed by atoms with van der Waals surface area (Å²) in [5, 5.41) is 4.54. The van der Waals surface area contributed by atoms with Crippen LogP contribution in [0.4, 0.5) is 0 Å². The fourth-order valence-electron chi connectivity index (χ4n) is 3.55. The Morgan fingerprint density at radius 3 is 2.33 bits per heavy atom. The molecule has 0 aliphatic heterocycles. The van der Waals surface area contributed by atoms with Gasteiger partial charge in [-0.05, 0) is 61.6 Å². The highest BCUT2D eigenvalue weighted by molar-refractivity contribution is 5.92. The van der Waals surface area contributed by atoms with Crippen LogP contribution in [-0.2, 0) is 12.8 Å². The van der Waals surface area contributed by atoms with Crippen LogP contribution in [0.15, 0.2) is 67.1 Å². The van der Waals surface area contributed by atoms with Crippen LogP contribution in [-0.4, -0.2) is 43.5 Å². The summed E-state index contributed by atoms with van der Waals surface area (Å²) in [6, 6.07) is 16.1. The fourth-order valence-corrected chi connectivity index (χ4v) is 3.55. The average molecular weight is 399 g/mol. The molecule has 0 N–H and O–H groups in total. The normalized spacial score (nSPS) is 11.0. The molecule has 0 bridgehead atoms. The molecular formula is C24H25N5O. The maximum Gasteiger partial charge on any atom is 0.274 e. The largest absolute Gasteiger partial charge is 0.337 e. The highest BCUT2D eigenvalue weighted by Crippen LogP contribution is 2.13. The van der Waals surface area contributed by atoms with Gasteiger partial charge in [-0.15, -0.1) is 0 Å². The van der Waals surface area contributed by atoms with Crippen molar-refractivity contribution in [2.75, 3.05) is 13.1 Å². The van der Waals surface area contributed by atoms with Gasteiger partial charge in [0.2, 0.25) is 0 Å².